The molecule has 1 amide bonds. The Bertz CT molecular complexity index is 972. The van der Waals surface area contributed by atoms with Crippen molar-refractivity contribution >= 4 is 27.7 Å². The van der Waals surface area contributed by atoms with Gasteiger partial charge in [0.1, 0.15) is 23.6 Å². The zero-order valence-electron chi connectivity index (χ0n) is 14.6. The second kappa shape index (κ2) is 7.87. The molecule has 0 aliphatic carbocycles. The van der Waals surface area contributed by atoms with E-state index >= 15 is 0 Å². The summed E-state index contributed by atoms with van der Waals surface area (Å²) in [5, 5.41) is 11.1. The molecule has 0 spiro atoms. The van der Waals surface area contributed by atoms with Crippen molar-refractivity contribution in [2.24, 2.45) is 0 Å². The van der Waals surface area contributed by atoms with E-state index in [4.69, 9.17) is 4.74 Å². The van der Waals surface area contributed by atoms with E-state index in [-0.39, 0.29) is 5.91 Å². The summed E-state index contributed by atoms with van der Waals surface area (Å²) in [6.07, 6.45) is 4.60. The molecule has 27 heavy (non-hydrogen) atoms. The van der Waals surface area contributed by atoms with Crippen LogP contribution in [0, 0.1) is 0 Å². The molecule has 0 fully saturated rings. The first-order chi connectivity index (χ1) is 13.2. The summed E-state index contributed by atoms with van der Waals surface area (Å²) in [5.74, 6) is 1.44. The fraction of sp³-hybridized carbons (Fsp3) is 0.263. The number of halogens is 1. The molecular formula is C19H18BrN5O2. The normalized spacial score (nSPS) is 14.8. The molecule has 4 rings (SSSR count). The molecule has 3 aromatic rings. The van der Waals surface area contributed by atoms with Gasteiger partial charge in [-0.1, -0.05) is 22.0 Å². The van der Waals surface area contributed by atoms with Gasteiger partial charge in [-0.05, 0) is 49.6 Å². The number of hydrogen-bond donors (Lipinski definition) is 1. The third-order valence-corrected chi connectivity index (χ3v) is 4.82. The summed E-state index contributed by atoms with van der Waals surface area (Å²) in [4.78, 5) is 17.3. The SMILES string of the molecule is O=C1Nc2cccc(n2)-c2nncn2CCCCCOc2ccc(Br)cc21. The van der Waals surface area contributed by atoms with Crippen LogP contribution in [0.25, 0.3) is 11.5 Å². The molecular weight excluding hydrogens is 410 g/mol. The van der Waals surface area contributed by atoms with Gasteiger partial charge in [-0.15, -0.1) is 10.2 Å². The maximum absolute atomic E-state index is 12.8. The minimum Gasteiger partial charge on any atom is -0.493 e. The van der Waals surface area contributed by atoms with Crippen LogP contribution < -0.4 is 10.1 Å². The molecule has 1 aliphatic heterocycles. The molecule has 2 aromatic heterocycles. The number of amides is 1. The summed E-state index contributed by atoms with van der Waals surface area (Å²) in [7, 11) is 0. The summed E-state index contributed by atoms with van der Waals surface area (Å²) in [6, 6.07) is 10.9. The highest BCUT2D eigenvalue weighted by atomic mass is 79.9. The lowest BCUT2D eigenvalue weighted by Crippen LogP contribution is -2.15. The van der Waals surface area contributed by atoms with Crippen molar-refractivity contribution in [1.29, 1.82) is 0 Å². The van der Waals surface area contributed by atoms with Crippen molar-refractivity contribution in [2.45, 2.75) is 25.8 Å². The Labute approximate surface area is 164 Å². The average molecular weight is 428 g/mol. The highest BCUT2D eigenvalue weighted by Gasteiger charge is 2.16. The van der Waals surface area contributed by atoms with E-state index in [0.717, 1.165) is 30.3 Å². The number of fused-ring (bicyclic) bond motifs is 5. The number of carbonyl (C=O) groups excluding carboxylic acids is 1. The minimum atomic E-state index is -0.271. The molecule has 0 saturated heterocycles. The van der Waals surface area contributed by atoms with Gasteiger partial charge in [-0.25, -0.2) is 4.98 Å². The van der Waals surface area contributed by atoms with Gasteiger partial charge in [0.05, 0.1) is 12.2 Å². The number of benzene rings is 1. The van der Waals surface area contributed by atoms with E-state index in [1.807, 2.05) is 28.8 Å². The number of nitrogens with zero attached hydrogens (tertiary/aromatic N) is 4. The lowest BCUT2D eigenvalue weighted by molar-refractivity contribution is 0.102. The predicted molar refractivity (Wildman–Crippen MR) is 105 cm³/mol. The first-order valence-corrected chi connectivity index (χ1v) is 9.59. The number of carbonyl (C=O) groups is 1. The van der Waals surface area contributed by atoms with Crippen LogP contribution in [-0.2, 0) is 6.54 Å². The lowest BCUT2D eigenvalue weighted by atomic mass is 10.2. The Kier molecular flexibility index (Phi) is 5.15. The summed E-state index contributed by atoms with van der Waals surface area (Å²) >= 11 is 3.42. The first kappa shape index (κ1) is 17.7. The van der Waals surface area contributed by atoms with E-state index in [1.165, 1.54) is 0 Å². The molecule has 1 N–H and O–H groups in total. The number of ether oxygens (including phenoxy) is 1. The maximum atomic E-state index is 12.8. The molecule has 0 saturated carbocycles. The van der Waals surface area contributed by atoms with Crippen LogP contribution in [0.3, 0.4) is 0 Å². The summed E-state index contributed by atoms with van der Waals surface area (Å²) in [6.45, 7) is 1.37. The molecule has 8 heteroatoms. The molecule has 1 aliphatic rings. The fourth-order valence-electron chi connectivity index (χ4n) is 2.98. The second-order valence-corrected chi connectivity index (χ2v) is 7.18. The smallest absolute Gasteiger partial charge is 0.260 e. The molecule has 3 heterocycles. The van der Waals surface area contributed by atoms with E-state index < -0.39 is 0 Å². The third-order valence-electron chi connectivity index (χ3n) is 4.32. The summed E-state index contributed by atoms with van der Waals surface area (Å²) in [5.41, 5.74) is 1.14. The van der Waals surface area contributed by atoms with Gasteiger partial charge in [0.15, 0.2) is 5.82 Å². The van der Waals surface area contributed by atoms with Crippen molar-refractivity contribution in [1.82, 2.24) is 19.7 Å². The molecule has 2 bridgehead atoms. The Morgan fingerprint density at radius 3 is 3.00 bits per heavy atom. The number of anilines is 1. The standard InChI is InChI=1S/C19H18BrN5O2/c20-13-7-8-16-14(11-13)19(26)23-17-6-4-5-15(22-17)18-24-21-12-25(18)9-2-1-3-10-27-16/h4-8,11-12H,1-3,9-10H2,(H,22,23,26). The number of rotatable bonds is 0. The second-order valence-electron chi connectivity index (χ2n) is 6.26. The molecule has 1 aromatic carbocycles. The fourth-order valence-corrected chi connectivity index (χ4v) is 3.34. The molecule has 0 unspecified atom stereocenters. The van der Waals surface area contributed by atoms with Crippen molar-refractivity contribution in [3.05, 3.63) is 52.8 Å². The van der Waals surface area contributed by atoms with Gasteiger partial charge in [0.2, 0.25) is 0 Å². The largest absolute Gasteiger partial charge is 0.493 e. The number of pyridine rings is 1. The topological polar surface area (TPSA) is 81.9 Å². The molecule has 138 valence electrons. The van der Waals surface area contributed by atoms with Crippen molar-refractivity contribution in [3.8, 4) is 17.3 Å². The molecule has 7 nitrogen and oxygen atoms in total. The lowest BCUT2D eigenvalue weighted by Gasteiger charge is -2.12. The van der Waals surface area contributed by atoms with Crippen molar-refractivity contribution < 1.29 is 9.53 Å². The Hall–Kier alpha value is -2.74. The average Bonchev–Trinajstić information content (AvgIpc) is 3.13. The van der Waals surface area contributed by atoms with Gasteiger partial charge in [0.25, 0.3) is 5.91 Å². The van der Waals surface area contributed by atoms with Crippen LogP contribution in [0.4, 0.5) is 5.82 Å². The van der Waals surface area contributed by atoms with Crippen LogP contribution in [0.1, 0.15) is 29.6 Å². The molecule has 0 radical (unpaired) electrons. The van der Waals surface area contributed by atoms with Gasteiger partial charge in [-0.2, -0.15) is 0 Å². The van der Waals surface area contributed by atoms with Gasteiger partial charge < -0.3 is 14.6 Å². The number of hydrogen-bond acceptors (Lipinski definition) is 5. The third kappa shape index (κ3) is 4.00. The van der Waals surface area contributed by atoms with Crippen molar-refractivity contribution in [3.63, 3.8) is 0 Å². The zero-order valence-corrected chi connectivity index (χ0v) is 16.1. The van der Waals surface area contributed by atoms with Gasteiger partial charge in [0, 0.05) is 11.0 Å². The van der Waals surface area contributed by atoms with Crippen LogP contribution in [-0.4, -0.2) is 32.3 Å². The monoisotopic (exact) mass is 427 g/mol. The van der Waals surface area contributed by atoms with Crippen LogP contribution in [0.2, 0.25) is 0 Å². The zero-order chi connectivity index (χ0) is 18.6. The van der Waals surface area contributed by atoms with Crippen LogP contribution >= 0.6 is 15.9 Å². The van der Waals surface area contributed by atoms with E-state index in [0.29, 0.717) is 35.3 Å². The Balaban J connectivity index is 1.72. The van der Waals surface area contributed by atoms with E-state index in [2.05, 4.69) is 36.4 Å². The first-order valence-electron chi connectivity index (χ1n) is 8.80. The summed E-state index contributed by atoms with van der Waals surface area (Å²) < 4.78 is 8.66. The van der Waals surface area contributed by atoms with E-state index in [1.54, 1.807) is 18.5 Å². The predicted octanol–water partition coefficient (Wildman–Crippen LogP) is 3.92. The highest BCUT2D eigenvalue weighted by molar-refractivity contribution is 9.10. The van der Waals surface area contributed by atoms with Crippen LogP contribution in [0.5, 0.6) is 5.75 Å². The van der Waals surface area contributed by atoms with Gasteiger partial charge >= 0.3 is 0 Å². The Morgan fingerprint density at radius 2 is 2.07 bits per heavy atom. The van der Waals surface area contributed by atoms with Crippen LogP contribution in [0.15, 0.2) is 47.2 Å². The van der Waals surface area contributed by atoms with Gasteiger partial charge in [-0.3, -0.25) is 4.79 Å². The molecule has 0 atom stereocenters. The number of aryl methyl sites for hydroxylation is 1. The Morgan fingerprint density at radius 1 is 1.15 bits per heavy atom. The highest BCUT2D eigenvalue weighted by Crippen LogP contribution is 2.25. The quantitative estimate of drug-likeness (QED) is 0.587. The van der Waals surface area contributed by atoms with Crippen molar-refractivity contribution in [2.75, 3.05) is 11.9 Å². The minimum absolute atomic E-state index is 0.271. The number of aromatic nitrogens is 4. The number of nitrogens with one attached hydrogen (secondary N) is 1. The van der Waals surface area contributed by atoms with E-state index in [9.17, 15) is 4.79 Å². The maximum Gasteiger partial charge on any atom is 0.260 e.